The zero-order chi connectivity index (χ0) is 29.6. The number of pyridine rings is 1. The fourth-order valence-corrected chi connectivity index (χ4v) is 7.63. The van der Waals surface area contributed by atoms with Gasteiger partial charge in [-0.1, -0.05) is 92.7 Å². The zero-order valence-corrected chi connectivity index (χ0v) is 28.2. The minimum atomic E-state index is -2.06. The number of allylic oxidation sites excluding steroid dienone is 2. The summed E-state index contributed by atoms with van der Waals surface area (Å²) in [4.78, 5) is 5.43. The van der Waals surface area contributed by atoms with Gasteiger partial charge >= 0.3 is 0 Å². The molecule has 1 unspecified atom stereocenters. The molecular formula is C36H55NO2Si. The molecule has 1 aromatic carbocycles. The summed E-state index contributed by atoms with van der Waals surface area (Å²) < 4.78 is 7.29. The van der Waals surface area contributed by atoms with E-state index in [4.69, 9.17) is 9.41 Å². The molecule has 2 aromatic rings. The highest BCUT2D eigenvalue weighted by atomic mass is 28.4. The highest BCUT2D eigenvalue weighted by Gasteiger charge is 2.45. The Kier molecular flexibility index (Phi) is 8.96. The summed E-state index contributed by atoms with van der Waals surface area (Å²) in [6.07, 6.45) is 7.99. The Labute approximate surface area is 246 Å². The van der Waals surface area contributed by atoms with Gasteiger partial charge in [0.15, 0.2) is 8.32 Å². The minimum absolute atomic E-state index is 0.00998. The van der Waals surface area contributed by atoms with Crippen LogP contribution in [0.4, 0.5) is 0 Å². The van der Waals surface area contributed by atoms with Gasteiger partial charge < -0.3 is 9.53 Å². The zero-order valence-electron chi connectivity index (χ0n) is 27.2. The van der Waals surface area contributed by atoms with Crippen molar-refractivity contribution >= 4 is 13.9 Å². The predicted octanol–water partition coefficient (Wildman–Crippen LogP) is 10.1. The van der Waals surface area contributed by atoms with Gasteiger partial charge in [-0.05, 0) is 96.2 Å². The maximum Gasteiger partial charge on any atom is 0.192 e. The topological polar surface area (TPSA) is 42.4 Å². The number of hydrogen-bond acceptors (Lipinski definition) is 3. The average molecular weight is 562 g/mol. The molecule has 0 spiro atoms. The Balaban J connectivity index is 1.96. The van der Waals surface area contributed by atoms with Crippen molar-refractivity contribution in [1.29, 1.82) is 0 Å². The van der Waals surface area contributed by atoms with E-state index in [-0.39, 0.29) is 22.5 Å². The van der Waals surface area contributed by atoms with E-state index in [1.807, 2.05) is 0 Å². The second-order valence-corrected chi connectivity index (χ2v) is 20.3. The molecule has 2 aliphatic carbocycles. The molecule has 0 radical (unpaired) electrons. The summed E-state index contributed by atoms with van der Waals surface area (Å²) >= 11 is 0. The van der Waals surface area contributed by atoms with Gasteiger partial charge in [0.1, 0.15) is 6.10 Å². The number of hydrogen-bond donors (Lipinski definition) is 1. The van der Waals surface area contributed by atoms with Crippen molar-refractivity contribution in [2.24, 2.45) is 11.3 Å². The molecule has 1 aromatic heterocycles. The molecule has 1 heterocycles. The maximum absolute atomic E-state index is 12.2. The number of aliphatic hydroxyl groups excluding tert-OH is 1. The lowest BCUT2D eigenvalue weighted by molar-refractivity contribution is 0.105. The van der Waals surface area contributed by atoms with E-state index in [0.717, 1.165) is 48.9 Å². The Morgan fingerprint density at radius 2 is 1.73 bits per heavy atom. The predicted molar refractivity (Wildman–Crippen MR) is 172 cm³/mol. The van der Waals surface area contributed by atoms with E-state index in [9.17, 15) is 5.11 Å². The monoisotopic (exact) mass is 561 g/mol. The molecule has 0 fully saturated rings. The standard InChI is InChI=1S/C36H55NO2Si/c1-23(2)20-25-16-18-27(19-17-25)34(38)32-30(26-14-12-13-15-26)31-28(37-33(32)24(3)4)21-36(8,9)22-29(31)39-40(10,11)35(5,6)7/h14,16-19,23-24,29,34,38H,12-13,15,20-22H2,1-11H3/t29-,34?/m1/s1. The van der Waals surface area contributed by atoms with Crippen LogP contribution in [-0.2, 0) is 17.3 Å². The van der Waals surface area contributed by atoms with E-state index in [1.54, 1.807) is 0 Å². The third-order valence-corrected chi connectivity index (χ3v) is 13.9. The van der Waals surface area contributed by atoms with Crippen molar-refractivity contribution < 1.29 is 9.53 Å². The van der Waals surface area contributed by atoms with Gasteiger partial charge in [0.05, 0.1) is 6.10 Å². The van der Waals surface area contributed by atoms with Crippen LogP contribution in [0.2, 0.25) is 18.1 Å². The quantitative estimate of drug-likeness (QED) is 0.326. The molecule has 3 nitrogen and oxygen atoms in total. The van der Waals surface area contributed by atoms with Gasteiger partial charge in [-0.25, -0.2) is 0 Å². The molecule has 2 atom stereocenters. The first-order valence-electron chi connectivity index (χ1n) is 15.7. The van der Waals surface area contributed by atoms with Gasteiger partial charge in [0, 0.05) is 22.5 Å². The Morgan fingerprint density at radius 1 is 1.07 bits per heavy atom. The van der Waals surface area contributed by atoms with Crippen LogP contribution in [-0.4, -0.2) is 18.4 Å². The SMILES string of the molecule is CC(C)Cc1ccc(C(O)c2c(C(C)C)nc3c(c2C2=CCCC2)[C@H](O[Si](C)(C)C(C)(C)C)CC(C)(C)C3)cc1. The molecule has 0 aliphatic heterocycles. The van der Waals surface area contributed by atoms with E-state index < -0.39 is 14.4 Å². The number of aromatic nitrogens is 1. The van der Waals surface area contributed by atoms with E-state index in [2.05, 4.69) is 106 Å². The summed E-state index contributed by atoms with van der Waals surface area (Å²) in [7, 11) is -2.06. The van der Waals surface area contributed by atoms with Crippen molar-refractivity contribution in [2.75, 3.05) is 0 Å². The second-order valence-electron chi connectivity index (χ2n) is 15.6. The first kappa shape index (κ1) is 31.2. The van der Waals surface area contributed by atoms with Crippen molar-refractivity contribution in [3.63, 3.8) is 0 Å². The largest absolute Gasteiger partial charge is 0.410 e. The Hall–Kier alpha value is -1.75. The summed E-state index contributed by atoms with van der Waals surface area (Å²) in [6.45, 7) is 25.4. The van der Waals surface area contributed by atoms with Crippen molar-refractivity contribution in [1.82, 2.24) is 4.98 Å². The summed E-state index contributed by atoms with van der Waals surface area (Å²) in [5.41, 5.74) is 9.54. The first-order chi connectivity index (χ1) is 18.5. The molecule has 2 aliphatic rings. The van der Waals surface area contributed by atoms with E-state index in [0.29, 0.717) is 5.92 Å². The van der Waals surface area contributed by atoms with E-state index in [1.165, 1.54) is 34.4 Å². The summed E-state index contributed by atoms with van der Waals surface area (Å²) in [5, 5.41) is 12.3. The Morgan fingerprint density at radius 3 is 2.25 bits per heavy atom. The van der Waals surface area contributed by atoms with Crippen molar-refractivity contribution in [3.8, 4) is 0 Å². The normalized spacial score (nSPS) is 20.1. The van der Waals surface area contributed by atoms with E-state index >= 15 is 0 Å². The highest BCUT2D eigenvalue weighted by Crippen LogP contribution is 2.52. The fraction of sp³-hybridized carbons (Fsp3) is 0.639. The van der Waals surface area contributed by atoms with Crippen LogP contribution in [0.1, 0.15) is 145 Å². The van der Waals surface area contributed by atoms with Crippen molar-refractivity contribution in [2.45, 2.75) is 137 Å². The fourth-order valence-electron chi connectivity index (χ4n) is 6.36. The van der Waals surface area contributed by atoms with Gasteiger partial charge in [-0.15, -0.1) is 0 Å². The molecule has 1 N–H and O–H groups in total. The number of fused-ring (bicyclic) bond motifs is 1. The molecule has 40 heavy (non-hydrogen) atoms. The molecule has 220 valence electrons. The summed E-state index contributed by atoms with van der Waals surface area (Å²) in [6, 6.07) is 8.65. The van der Waals surface area contributed by atoms with Gasteiger partial charge in [0.25, 0.3) is 0 Å². The maximum atomic E-state index is 12.2. The molecule has 0 saturated heterocycles. The molecule has 4 heteroatoms. The van der Waals surface area contributed by atoms with Crippen LogP contribution in [0.5, 0.6) is 0 Å². The molecular weight excluding hydrogens is 506 g/mol. The van der Waals surface area contributed by atoms with Gasteiger partial charge in [0.2, 0.25) is 0 Å². The lowest BCUT2D eigenvalue weighted by Gasteiger charge is -2.45. The second kappa shape index (κ2) is 11.5. The molecule has 0 amide bonds. The third kappa shape index (κ3) is 6.50. The average Bonchev–Trinajstić information content (AvgIpc) is 3.35. The third-order valence-electron chi connectivity index (χ3n) is 9.45. The smallest absolute Gasteiger partial charge is 0.192 e. The lowest BCUT2D eigenvalue weighted by Crippen LogP contribution is -2.44. The van der Waals surface area contributed by atoms with Crippen LogP contribution in [0.25, 0.3) is 5.57 Å². The molecule has 0 saturated carbocycles. The highest BCUT2D eigenvalue weighted by molar-refractivity contribution is 6.74. The number of nitrogens with zero attached hydrogens (tertiary/aromatic N) is 1. The molecule has 4 rings (SSSR count). The van der Waals surface area contributed by atoms with Crippen molar-refractivity contribution in [3.05, 3.63) is 69.5 Å². The van der Waals surface area contributed by atoms with Gasteiger partial charge in [-0.3, -0.25) is 4.98 Å². The minimum Gasteiger partial charge on any atom is -0.410 e. The lowest BCUT2D eigenvalue weighted by atomic mass is 9.71. The Bertz CT molecular complexity index is 1230. The van der Waals surface area contributed by atoms with Gasteiger partial charge in [-0.2, -0.15) is 0 Å². The number of aliphatic hydroxyl groups is 1. The molecule has 0 bridgehead atoms. The first-order valence-corrected chi connectivity index (χ1v) is 18.6. The van der Waals surface area contributed by atoms with Crippen LogP contribution in [0.3, 0.4) is 0 Å². The van der Waals surface area contributed by atoms with Crippen LogP contribution in [0.15, 0.2) is 30.3 Å². The van der Waals surface area contributed by atoms with Crippen LogP contribution in [0, 0.1) is 11.3 Å². The van der Waals surface area contributed by atoms with Crippen LogP contribution < -0.4 is 0 Å². The van der Waals surface area contributed by atoms with Crippen LogP contribution >= 0.6 is 0 Å². The number of benzene rings is 1. The number of rotatable bonds is 8. The summed E-state index contributed by atoms with van der Waals surface area (Å²) in [5.74, 6) is 0.817.